The molecule has 1 rings (SSSR count). The SMILES string of the molecule is CCN(CC(C)C)C(=O)c1ccc(OC)c(O)c1. The van der Waals surface area contributed by atoms with E-state index in [1.807, 2.05) is 6.92 Å². The average molecular weight is 251 g/mol. The fourth-order valence-electron chi connectivity index (χ4n) is 1.80. The monoisotopic (exact) mass is 251 g/mol. The number of hydrogen-bond donors (Lipinski definition) is 1. The maximum atomic E-state index is 12.2. The van der Waals surface area contributed by atoms with Gasteiger partial charge in [0.25, 0.3) is 5.91 Å². The van der Waals surface area contributed by atoms with Gasteiger partial charge in [0.15, 0.2) is 11.5 Å². The molecular formula is C14H21NO3. The number of phenolic OH excluding ortho intramolecular Hbond substituents is 1. The van der Waals surface area contributed by atoms with Crippen molar-refractivity contribution in [1.82, 2.24) is 4.90 Å². The topological polar surface area (TPSA) is 49.8 Å². The van der Waals surface area contributed by atoms with Gasteiger partial charge in [-0.1, -0.05) is 13.8 Å². The summed E-state index contributed by atoms with van der Waals surface area (Å²) in [6.45, 7) is 7.46. The van der Waals surface area contributed by atoms with Crippen LogP contribution in [-0.4, -0.2) is 36.1 Å². The predicted octanol–water partition coefficient (Wildman–Crippen LogP) is 2.52. The van der Waals surface area contributed by atoms with Gasteiger partial charge < -0.3 is 14.7 Å². The Bertz CT molecular complexity index is 416. The summed E-state index contributed by atoms with van der Waals surface area (Å²) in [6.07, 6.45) is 0. The molecule has 4 nitrogen and oxygen atoms in total. The van der Waals surface area contributed by atoms with Crippen LogP contribution in [0.1, 0.15) is 31.1 Å². The van der Waals surface area contributed by atoms with Gasteiger partial charge in [0.1, 0.15) is 0 Å². The number of methoxy groups -OCH3 is 1. The number of hydrogen-bond acceptors (Lipinski definition) is 3. The lowest BCUT2D eigenvalue weighted by atomic mass is 10.1. The molecule has 0 atom stereocenters. The van der Waals surface area contributed by atoms with Gasteiger partial charge in [0.2, 0.25) is 0 Å². The molecule has 1 aromatic rings. The third kappa shape index (κ3) is 3.39. The van der Waals surface area contributed by atoms with E-state index in [1.165, 1.54) is 13.2 Å². The van der Waals surface area contributed by atoms with Crippen molar-refractivity contribution in [2.45, 2.75) is 20.8 Å². The smallest absolute Gasteiger partial charge is 0.253 e. The van der Waals surface area contributed by atoms with Crippen molar-refractivity contribution in [3.8, 4) is 11.5 Å². The molecule has 1 amide bonds. The Morgan fingerprint density at radius 2 is 2.11 bits per heavy atom. The summed E-state index contributed by atoms with van der Waals surface area (Å²) < 4.78 is 4.96. The molecule has 0 aliphatic rings. The molecule has 1 N–H and O–H groups in total. The highest BCUT2D eigenvalue weighted by Gasteiger charge is 2.16. The molecule has 4 heteroatoms. The predicted molar refractivity (Wildman–Crippen MR) is 71.1 cm³/mol. The fraction of sp³-hybridized carbons (Fsp3) is 0.500. The molecule has 0 heterocycles. The van der Waals surface area contributed by atoms with Gasteiger partial charge in [-0.2, -0.15) is 0 Å². The van der Waals surface area contributed by atoms with Crippen LogP contribution in [0, 0.1) is 5.92 Å². The van der Waals surface area contributed by atoms with E-state index < -0.39 is 0 Å². The zero-order valence-corrected chi connectivity index (χ0v) is 11.4. The van der Waals surface area contributed by atoms with Gasteiger partial charge in [-0.3, -0.25) is 4.79 Å². The van der Waals surface area contributed by atoms with Crippen molar-refractivity contribution in [2.75, 3.05) is 20.2 Å². The molecular weight excluding hydrogens is 230 g/mol. The van der Waals surface area contributed by atoms with E-state index in [1.54, 1.807) is 17.0 Å². The number of benzene rings is 1. The highest BCUT2D eigenvalue weighted by molar-refractivity contribution is 5.94. The molecule has 1 aromatic carbocycles. The van der Waals surface area contributed by atoms with Crippen molar-refractivity contribution in [3.63, 3.8) is 0 Å². The van der Waals surface area contributed by atoms with E-state index in [0.717, 1.165) is 0 Å². The number of aromatic hydroxyl groups is 1. The summed E-state index contributed by atoms with van der Waals surface area (Å²) in [5.41, 5.74) is 0.482. The highest BCUT2D eigenvalue weighted by Crippen LogP contribution is 2.26. The third-order valence-electron chi connectivity index (χ3n) is 2.68. The Labute approximate surface area is 108 Å². The van der Waals surface area contributed by atoms with Crippen LogP contribution in [0.25, 0.3) is 0 Å². The number of ether oxygens (including phenoxy) is 1. The van der Waals surface area contributed by atoms with Crippen LogP contribution in [0.3, 0.4) is 0 Å². The lowest BCUT2D eigenvalue weighted by Crippen LogP contribution is -2.33. The van der Waals surface area contributed by atoms with E-state index in [0.29, 0.717) is 30.3 Å². The van der Waals surface area contributed by atoms with Gasteiger partial charge in [-0.05, 0) is 31.0 Å². The van der Waals surface area contributed by atoms with E-state index >= 15 is 0 Å². The molecule has 0 saturated carbocycles. The second-order valence-electron chi connectivity index (χ2n) is 4.62. The van der Waals surface area contributed by atoms with Gasteiger partial charge in [-0.25, -0.2) is 0 Å². The summed E-state index contributed by atoms with van der Waals surface area (Å²) in [6, 6.07) is 4.72. The van der Waals surface area contributed by atoms with E-state index in [9.17, 15) is 9.90 Å². The Balaban J connectivity index is 2.91. The van der Waals surface area contributed by atoms with Crippen LogP contribution in [0.5, 0.6) is 11.5 Å². The zero-order chi connectivity index (χ0) is 13.7. The minimum atomic E-state index is -0.0656. The summed E-state index contributed by atoms with van der Waals surface area (Å²) in [5.74, 6) is 0.715. The molecule has 0 spiro atoms. The van der Waals surface area contributed by atoms with Gasteiger partial charge in [-0.15, -0.1) is 0 Å². The van der Waals surface area contributed by atoms with Crippen LogP contribution in [-0.2, 0) is 0 Å². The molecule has 0 unspecified atom stereocenters. The zero-order valence-electron chi connectivity index (χ0n) is 11.4. The first-order valence-corrected chi connectivity index (χ1v) is 6.15. The summed E-state index contributed by atoms with van der Waals surface area (Å²) in [5, 5.41) is 9.68. The average Bonchev–Trinajstić information content (AvgIpc) is 2.34. The van der Waals surface area contributed by atoms with Crippen molar-refractivity contribution >= 4 is 5.91 Å². The first-order chi connectivity index (χ1) is 8.49. The number of rotatable bonds is 5. The Morgan fingerprint density at radius 3 is 2.56 bits per heavy atom. The molecule has 0 fully saturated rings. The molecule has 100 valence electrons. The maximum Gasteiger partial charge on any atom is 0.253 e. The van der Waals surface area contributed by atoms with Crippen molar-refractivity contribution < 1.29 is 14.6 Å². The van der Waals surface area contributed by atoms with Crippen LogP contribution in [0.4, 0.5) is 0 Å². The van der Waals surface area contributed by atoms with E-state index in [4.69, 9.17) is 4.74 Å². The first-order valence-electron chi connectivity index (χ1n) is 6.15. The number of nitrogens with zero attached hydrogens (tertiary/aromatic N) is 1. The molecule has 18 heavy (non-hydrogen) atoms. The summed E-state index contributed by atoms with van der Waals surface area (Å²) in [4.78, 5) is 14.0. The molecule has 0 aliphatic heterocycles. The first kappa shape index (κ1) is 14.4. The lowest BCUT2D eigenvalue weighted by Gasteiger charge is -2.23. The normalized spacial score (nSPS) is 10.5. The van der Waals surface area contributed by atoms with Gasteiger partial charge in [0.05, 0.1) is 7.11 Å². The molecule has 0 saturated heterocycles. The van der Waals surface area contributed by atoms with Crippen LogP contribution in [0.2, 0.25) is 0 Å². The number of amides is 1. The molecule has 0 aromatic heterocycles. The van der Waals surface area contributed by atoms with Crippen LogP contribution < -0.4 is 4.74 Å². The van der Waals surface area contributed by atoms with Gasteiger partial charge >= 0.3 is 0 Å². The summed E-state index contributed by atoms with van der Waals surface area (Å²) in [7, 11) is 1.48. The minimum Gasteiger partial charge on any atom is -0.504 e. The second kappa shape index (κ2) is 6.28. The molecule has 0 bridgehead atoms. The fourth-order valence-corrected chi connectivity index (χ4v) is 1.80. The standard InChI is InChI=1S/C14H21NO3/c1-5-15(9-10(2)3)14(17)11-6-7-13(18-4)12(16)8-11/h6-8,10,16H,5,9H2,1-4H3. The van der Waals surface area contributed by atoms with Crippen molar-refractivity contribution in [1.29, 1.82) is 0 Å². The lowest BCUT2D eigenvalue weighted by molar-refractivity contribution is 0.0745. The highest BCUT2D eigenvalue weighted by atomic mass is 16.5. The van der Waals surface area contributed by atoms with Gasteiger partial charge in [0, 0.05) is 18.7 Å². The third-order valence-corrected chi connectivity index (χ3v) is 2.68. The Kier molecular flexibility index (Phi) is 5.01. The Hall–Kier alpha value is -1.71. The molecule has 0 radical (unpaired) electrons. The molecule has 0 aliphatic carbocycles. The maximum absolute atomic E-state index is 12.2. The van der Waals surface area contributed by atoms with Crippen molar-refractivity contribution in [3.05, 3.63) is 23.8 Å². The van der Waals surface area contributed by atoms with E-state index in [2.05, 4.69) is 13.8 Å². The summed E-state index contributed by atoms with van der Waals surface area (Å²) >= 11 is 0. The number of carbonyl (C=O) groups excluding carboxylic acids is 1. The minimum absolute atomic E-state index is 0.0102. The number of phenols is 1. The van der Waals surface area contributed by atoms with Crippen LogP contribution >= 0.6 is 0 Å². The largest absolute Gasteiger partial charge is 0.504 e. The second-order valence-corrected chi connectivity index (χ2v) is 4.62. The van der Waals surface area contributed by atoms with Crippen LogP contribution in [0.15, 0.2) is 18.2 Å². The Morgan fingerprint density at radius 1 is 1.44 bits per heavy atom. The quantitative estimate of drug-likeness (QED) is 0.874. The van der Waals surface area contributed by atoms with E-state index in [-0.39, 0.29) is 11.7 Å². The van der Waals surface area contributed by atoms with Crippen molar-refractivity contribution in [2.24, 2.45) is 5.92 Å². The number of carbonyl (C=O) groups is 1.